The van der Waals surface area contributed by atoms with Gasteiger partial charge in [-0.15, -0.1) is 5.10 Å². The first kappa shape index (κ1) is 16.9. The Hall–Kier alpha value is -3.54. The Balaban J connectivity index is 1.55. The van der Waals surface area contributed by atoms with Crippen LogP contribution in [-0.2, 0) is 6.54 Å². The highest BCUT2D eigenvalue weighted by Gasteiger charge is 2.12. The van der Waals surface area contributed by atoms with Gasteiger partial charge in [0.15, 0.2) is 5.65 Å². The molecule has 0 spiro atoms. The highest BCUT2D eigenvalue weighted by atomic mass is 16.1. The second-order valence-electron chi connectivity index (χ2n) is 6.52. The first-order chi connectivity index (χ1) is 13.1. The summed E-state index contributed by atoms with van der Waals surface area (Å²) in [6.07, 6.45) is 1.71. The Morgan fingerprint density at radius 3 is 2.78 bits per heavy atom. The number of benzene rings is 2. The molecule has 4 rings (SSSR count). The van der Waals surface area contributed by atoms with E-state index >= 15 is 0 Å². The molecule has 0 bridgehead atoms. The van der Waals surface area contributed by atoms with E-state index in [2.05, 4.69) is 26.7 Å². The molecule has 0 aliphatic heterocycles. The third kappa shape index (κ3) is 3.42. The first-order valence-corrected chi connectivity index (χ1v) is 8.73. The van der Waals surface area contributed by atoms with E-state index in [9.17, 15) is 4.79 Å². The maximum absolute atomic E-state index is 12.5. The topological polar surface area (TPSA) is 72.7 Å². The molecule has 0 aliphatic rings. The Morgan fingerprint density at radius 1 is 1.07 bits per heavy atom. The monoisotopic (exact) mass is 357 g/mol. The molecule has 0 unspecified atom stereocenters. The van der Waals surface area contributed by atoms with Crippen LogP contribution in [0.4, 0.5) is 0 Å². The number of amides is 1. The molecule has 0 aliphatic carbocycles. The summed E-state index contributed by atoms with van der Waals surface area (Å²) in [7, 11) is 0. The Labute approximate surface area is 156 Å². The lowest BCUT2D eigenvalue weighted by Crippen LogP contribution is -2.23. The number of aromatic nitrogens is 4. The van der Waals surface area contributed by atoms with Gasteiger partial charge in [-0.1, -0.05) is 35.0 Å². The van der Waals surface area contributed by atoms with Crippen molar-refractivity contribution in [3.63, 3.8) is 0 Å². The Kier molecular flexibility index (Phi) is 4.38. The van der Waals surface area contributed by atoms with Crippen LogP contribution in [0.1, 0.15) is 27.0 Å². The molecule has 2 aromatic heterocycles. The van der Waals surface area contributed by atoms with Crippen LogP contribution in [0, 0.1) is 13.8 Å². The lowest BCUT2D eigenvalue weighted by molar-refractivity contribution is 0.0951. The summed E-state index contributed by atoms with van der Waals surface area (Å²) >= 11 is 0. The zero-order valence-electron chi connectivity index (χ0n) is 15.2. The molecular formula is C21H19N5O. The van der Waals surface area contributed by atoms with Crippen molar-refractivity contribution in [2.24, 2.45) is 0 Å². The molecule has 0 atom stereocenters. The lowest BCUT2D eigenvalue weighted by Gasteiger charge is -2.10. The number of pyridine rings is 1. The molecule has 6 nitrogen and oxygen atoms in total. The normalized spacial score (nSPS) is 10.9. The van der Waals surface area contributed by atoms with Crippen LogP contribution in [-0.4, -0.2) is 25.9 Å². The molecule has 2 aromatic carbocycles. The van der Waals surface area contributed by atoms with Crippen molar-refractivity contribution in [1.29, 1.82) is 0 Å². The Bertz CT molecular complexity index is 1130. The highest BCUT2D eigenvalue weighted by Crippen LogP contribution is 2.19. The molecular weight excluding hydrogens is 338 g/mol. The van der Waals surface area contributed by atoms with Gasteiger partial charge in [-0.25, -0.2) is 4.98 Å². The summed E-state index contributed by atoms with van der Waals surface area (Å²) in [5.41, 5.74) is 6.07. The maximum Gasteiger partial charge on any atom is 0.251 e. The molecule has 0 radical (unpaired) electrons. The molecule has 2 heterocycles. The zero-order chi connectivity index (χ0) is 18.8. The second kappa shape index (κ2) is 6.99. The lowest BCUT2D eigenvalue weighted by atomic mass is 10.1. The van der Waals surface area contributed by atoms with E-state index in [0.29, 0.717) is 17.8 Å². The number of nitrogens with zero attached hydrogens (tertiary/aromatic N) is 4. The van der Waals surface area contributed by atoms with E-state index in [0.717, 1.165) is 22.3 Å². The van der Waals surface area contributed by atoms with E-state index in [-0.39, 0.29) is 5.91 Å². The molecule has 6 heteroatoms. The van der Waals surface area contributed by atoms with Crippen molar-refractivity contribution in [3.05, 3.63) is 83.0 Å². The van der Waals surface area contributed by atoms with E-state index in [1.54, 1.807) is 16.9 Å². The third-order valence-electron chi connectivity index (χ3n) is 4.43. The number of hydrogen-bond donors (Lipinski definition) is 1. The number of rotatable bonds is 4. The van der Waals surface area contributed by atoms with Crippen molar-refractivity contribution in [1.82, 2.24) is 25.3 Å². The highest BCUT2D eigenvalue weighted by molar-refractivity contribution is 5.94. The van der Waals surface area contributed by atoms with Gasteiger partial charge in [0.1, 0.15) is 5.52 Å². The summed E-state index contributed by atoms with van der Waals surface area (Å²) in [5, 5.41) is 11.3. The van der Waals surface area contributed by atoms with E-state index in [4.69, 9.17) is 0 Å². The number of hydrogen-bond acceptors (Lipinski definition) is 4. The van der Waals surface area contributed by atoms with Crippen LogP contribution in [0.15, 0.2) is 60.8 Å². The molecule has 1 N–H and O–H groups in total. The number of nitrogens with one attached hydrogen (secondary N) is 1. The fraction of sp³-hybridized carbons (Fsp3) is 0.143. The van der Waals surface area contributed by atoms with Gasteiger partial charge in [0.25, 0.3) is 5.91 Å². The quantitative estimate of drug-likeness (QED) is 0.608. The van der Waals surface area contributed by atoms with Crippen molar-refractivity contribution in [3.8, 4) is 5.69 Å². The molecule has 4 aromatic rings. The van der Waals surface area contributed by atoms with Gasteiger partial charge < -0.3 is 5.32 Å². The predicted molar refractivity (Wildman–Crippen MR) is 104 cm³/mol. The molecule has 0 fully saturated rings. The van der Waals surface area contributed by atoms with Crippen molar-refractivity contribution in [2.75, 3.05) is 0 Å². The van der Waals surface area contributed by atoms with Gasteiger partial charge in [-0.3, -0.25) is 4.79 Å². The van der Waals surface area contributed by atoms with Gasteiger partial charge in [0.2, 0.25) is 0 Å². The third-order valence-corrected chi connectivity index (χ3v) is 4.43. The fourth-order valence-electron chi connectivity index (χ4n) is 3.07. The van der Waals surface area contributed by atoms with Crippen LogP contribution < -0.4 is 5.32 Å². The van der Waals surface area contributed by atoms with Crippen molar-refractivity contribution >= 4 is 17.1 Å². The average molecular weight is 357 g/mol. The summed E-state index contributed by atoms with van der Waals surface area (Å²) in [5.74, 6) is -0.104. The minimum Gasteiger partial charge on any atom is -0.348 e. The first-order valence-electron chi connectivity index (χ1n) is 8.73. The summed E-state index contributed by atoms with van der Waals surface area (Å²) in [4.78, 5) is 16.9. The van der Waals surface area contributed by atoms with Gasteiger partial charge >= 0.3 is 0 Å². The summed E-state index contributed by atoms with van der Waals surface area (Å²) in [6.45, 7) is 4.48. The van der Waals surface area contributed by atoms with Crippen molar-refractivity contribution in [2.45, 2.75) is 20.4 Å². The smallest absolute Gasteiger partial charge is 0.251 e. The van der Waals surface area contributed by atoms with E-state index in [1.807, 2.05) is 56.3 Å². The maximum atomic E-state index is 12.5. The van der Waals surface area contributed by atoms with Crippen LogP contribution >= 0.6 is 0 Å². The van der Waals surface area contributed by atoms with Crippen LogP contribution in [0.5, 0.6) is 0 Å². The summed E-state index contributed by atoms with van der Waals surface area (Å²) in [6, 6.07) is 17.3. The zero-order valence-corrected chi connectivity index (χ0v) is 15.2. The molecule has 134 valence electrons. The van der Waals surface area contributed by atoms with E-state index < -0.39 is 0 Å². The van der Waals surface area contributed by atoms with Gasteiger partial charge in [0, 0.05) is 18.3 Å². The predicted octanol–water partition coefficient (Wildman–Crippen LogP) is 3.36. The van der Waals surface area contributed by atoms with E-state index in [1.165, 1.54) is 5.56 Å². The minimum absolute atomic E-state index is 0.104. The average Bonchev–Trinajstić information content (AvgIpc) is 3.10. The molecule has 0 saturated carbocycles. The number of aryl methyl sites for hydroxylation is 2. The van der Waals surface area contributed by atoms with Crippen molar-refractivity contribution < 1.29 is 4.79 Å². The molecule has 0 saturated heterocycles. The number of carbonyl (C=O) groups excluding carboxylic acids is 1. The second-order valence-corrected chi connectivity index (χ2v) is 6.52. The number of carbonyl (C=O) groups is 1. The van der Waals surface area contributed by atoms with Crippen LogP contribution in [0.2, 0.25) is 0 Å². The fourth-order valence-corrected chi connectivity index (χ4v) is 3.07. The summed E-state index contributed by atoms with van der Waals surface area (Å²) < 4.78 is 1.69. The van der Waals surface area contributed by atoms with Crippen LogP contribution in [0.25, 0.3) is 16.9 Å². The van der Waals surface area contributed by atoms with Gasteiger partial charge in [0.05, 0.1) is 5.69 Å². The largest absolute Gasteiger partial charge is 0.348 e. The standard InChI is InChI=1S/C21H19N5O/c1-14-5-3-6-16(11-14)13-23-21(27)17-8-9-19(15(2)12-17)26-20-18(24-25-26)7-4-10-22-20/h3-12H,13H2,1-2H3,(H,23,27). The van der Waals surface area contributed by atoms with Gasteiger partial charge in [-0.2, -0.15) is 4.68 Å². The molecule has 27 heavy (non-hydrogen) atoms. The van der Waals surface area contributed by atoms with Crippen LogP contribution in [0.3, 0.4) is 0 Å². The minimum atomic E-state index is -0.104. The van der Waals surface area contributed by atoms with Gasteiger partial charge in [-0.05, 0) is 55.3 Å². The Morgan fingerprint density at radius 2 is 1.96 bits per heavy atom. The SMILES string of the molecule is Cc1cccc(CNC(=O)c2ccc(-n3nnc4cccnc43)c(C)c2)c1. The number of fused-ring (bicyclic) bond motifs is 1. The molecule has 1 amide bonds.